The first-order valence-corrected chi connectivity index (χ1v) is 8.26. The number of halogens is 1. The molecule has 128 valence electrons. The monoisotopic (exact) mass is 423 g/mol. The summed E-state index contributed by atoms with van der Waals surface area (Å²) in [7, 11) is 1.43. The molecule has 0 bridgehead atoms. The lowest BCUT2D eigenvalue weighted by atomic mass is 9.82. The van der Waals surface area contributed by atoms with Crippen molar-refractivity contribution in [2.75, 3.05) is 33.3 Å². The predicted octanol–water partition coefficient (Wildman–Crippen LogP) is 2.50. The fraction of sp³-hybridized carbons (Fsp3) is 0.875. The van der Waals surface area contributed by atoms with Gasteiger partial charge >= 0.3 is 5.97 Å². The van der Waals surface area contributed by atoms with Crippen LogP contribution in [0.15, 0.2) is 4.99 Å². The normalized spacial score (nSPS) is 26.0. The molecule has 0 radical (unpaired) electrons. The van der Waals surface area contributed by atoms with Crippen LogP contribution in [0.25, 0.3) is 0 Å². The van der Waals surface area contributed by atoms with Crippen LogP contribution in [0.4, 0.5) is 0 Å². The fourth-order valence-electron chi connectivity index (χ4n) is 3.50. The van der Waals surface area contributed by atoms with Gasteiger partial charge in [0.25, 0.3) is 0 Å². The van der Waals surface area contributed by atoms with Crippen LogP contribution in [0.5, 0.6) is 0 Å². The molecule has 1 saturated heterocycles. The number of esters is 1. The molecule has 22 heavy (non-hydrogen) atoms. The quantitative estimate of drug-likeness (QED) is 0.327. The molecule has 0 aromatic rings. The molecule has 2 rings (SSSR count). The van der Waals surface area contributed by atoms with E-state index in [-0.39, 0.29) is 35.9 Å². The third kappa shape index (κ3) is 4.99. The zero-order chi connectivity index (χ0) is 15.2. The standard InChI is InChI=1S/C16H29N3O2.HI/c1-4-17-16(18-9-12(2)15(20)21-3)19-10-13-7-5-6-8-14(13)11-19;/h12-14H,4-11H2,1-3H3,(H,17,18);1H. The minimum atomic E-state index is -0.190. The van der Waals surface area contributed by atoms with Gasteiger partial charge in [-0.05, 0) is 31.6 Å². The van der Waals surface area contributed by atoms with Crippen molar-refractivity contribution < 1.29 is 9.53 Å². The molecule has 3 atom stereocenters. The Labute approximate surface area is 151 Å². The zero-order valence-corrected chi connectivity index (χ0v) is 16.3. The summed E-state index contributed by atoms with van der Waals surface area (Å²) in [5.41, 5.74) is 0. The molecule has 3 unspecified atom stereocenters. The molecule has 2 fully saturated rings. The third-order valence-electron chi connectivity index (χ3n) is 4.73. The highest BCUT2D eigenvalue weighted by Crippen LogP contribution is 2.35. The molecule has 0 amide bonds. The summed E-state index contributed by atoms with van der Waals surface area (Å²) in [6, 6.07) is 0. The highest BCUT2D eigenvalue weighted by atomic mass is 127. The summed E-state index contributed by atoms with van der Waals surface area (Å²) in [5, 5.41) is 3.37. The van der Waals surface area contributed by atoms with Crippen molar-refractivity contribution in [2.45, 2.75) is 39.5 Å². The Balaban J connectivity index is 0.00000242. The van der Waals surface area contributed by atoms with Gasteiger partial charge in [0.2, 0.25) is 0 Å². The molecule has 6 heteroatoms. The van der Waals surface area contributed by atoms with Crippen LogP contribution < -0.4 is 5.32 Å². The van der Waals surface area contributed by atoms with E-state index in [4.69, 9.17) is 4.74 Å². The van der Waals surface area contributed by atoms with E-state index in [1.807, 2.05) is 6.92 Å². The van der Waals surface area contributed by atoms with Crippen molar-refractivity contribution in [3.05, 3.63) is 0 Å². The number of carbonyl (C=O) groups excluding carboxylic acids is 1. The third-order valence-corrected chi connectivity index (χ3v) is 4.73. The van der Waals surface area contributed by atoms with Crippen molar-refractivity contribution in [2.24, 2.45) is 22.7 Å². The number of fused-ring (bicyclic) bond motifs is 1. The van der Waals surface area contributed by atoms with Crippen LogP contribution in [0.1, 0.15) is 39.5 Å². The summed E-state index contributed by atoms with van der Waals surface area (Å²) in [4.78, 5) is 18.5. The molecule has 2 aliphatic rings. The first-order chi connectivity index (χ1) is 10.2. The van der Waals surface area contributed by atoms with E-state index in [1.54, 1.807) is 0 Å². The topological polar surface area (TPSA) is 53.9 Å². The second-order valence-electron chi connectivity index (χ2n) is 6.33. The van der Waals surface area contributed by atoms with E-state index in [9.17, 15) is 4.79 Å². The smallest absolute Gasteiger partial charge is 0.310 e. The molecular weight excluding hydrogens is 393 g/mol. The van der Waals surface area contributed by atoms with Gasteiger partial charge in [0.05, 0.1) is 19.6 Å². The van der Waals surface area contributed by atoms with E-state index in [0.717, 1.165) is 37.4 Å². The highest BCUT2D eigenvalue weighted by molar-refractivity contribution is 14.0. The zero-order valence-electron chi connectivity index (χ0n) is 14.0. The van der Waals surface area contributed by atoms with Crippen LogP contribution >= 0.6 is 24.0 Å². The SMILES string of the molecule is CCNC(=NCC(C)C(=O)OC)N1CC2CCCCC2C1.I. The van der Waals surface area contributed by atoms with Crippen LogP contribution in [0.2, 0.25) is 0 Å². The number of likely N-dealkylation sites (tertiary alicyclic amines) is 1. The maximum Gasteiger partial charge on any atom is 0.310 e. The number of guanidine groups is 1. The average molecular weight is 423 g/mol. The van der Waals surface area contributed by atoms with Crippen LogP contribution in [-0.4, -0.2) is 50.1 Å². The molecule has 5 nitrogen and oxygen atoms in total. The number of hydrogen-bond acceptors (Lipinski definition) is 3. The summed E-state index contributed by atoms with van der Waals surface area (Å²) in [5.74, 6) is 2.25. The van der Waals surface area contributed by atoms with Crippen molar-refractivity contribution in [3.63, 3.8) is 0 Å². The second-order valence-corrected chi connectivity index (χ2v) is 6.33. The number of carbonyl (C=O) groups is 1. The minimum Gasteiger partial charge on any atom is -0.469 e. The molecule has 1 N–H and O–H groups in total. The van der Waals surface area contributed by atoms with Gasteiger partial charge in [0, 0.05) is 19.6 Å². The van der Waals surface area contributed by atoms with Gasteiger partial charge in [-0.1, -0.05) is 19.8 Å². The highest BCUT2D eigenvalue weighted by Gasteiger charge is 2.35. The van der Waals surface area contributed by atoms with Crippen molar-refractivity contribution >= 4 is 35.9 Å². The van der Waals surface area contributed by atoms with Gasteiger partial charge in [-0.2, -0.15) is 0 Å². The number of ether oxygens (including phenoxy) is 1. The summed E-state index contributed by atoms with van der Waals surface area (Å²) in [6.07, 6.45) is 5.47. The van der Waals surface area contributed by atoms with E-state index in [2.05, 4.69) is 22.1 Å². The maximum atomic E-state index is 11.5. The van der Waals surface area contributed by atoms with Crippen molar-refractivity contribution in [3.8, 4) is 0 Å². The number of rotatable bonds is 4. The Morgan fingerprint density at radius 2 is 1.91 bits per heavy atom. The predicted molar refractivity (Wildman–Crippen MR) is 99.6 cm³/mol. The molecule has 0 spiro atoms. The average Bonchev–Trinajstić information content (AvgIpc) is 2.93. The lowest BCUT2D eigenvalue weighted by molar-refractivity contribution is -0.144. The summed E-state index contributed by atoms with van der Waals surface area (Å²) in [6.45, 7) is 7.52. The van der Waals surface area contributed by atoms with Crippen LogP contribution in [0.3, 0.4) is 0 Å². The minimum absolute atomic E-state index is 0. The Morgan fingerprint density at radius 1 is 1.32 bits per heavy atom. The Bertz CT molecular complexity index is 376. The first-order valence-electron chi connectivity index (χ1n) is 8.26. The van der Waals surface area contributed by atoms with E-state index in [1.165, 1.54) is 32.8 Å². The molecule has 0 aromatic heterocycles. The number of nitrogens with one attached hydrogen (secondary N) is 1. The maximum absolute atomic E-state index is 11.5. The van der Waals surface area contributed by atoms with Gasteiger partial charge in [0.15, 0.2) is 5.96 Å². The lowest BCUT2D eigenvalue weighted by Crippen LogP contribution is -2.40. The van der Waals surface area contributed by atoms with Crippen LogP contribution in [0, 0.1) is 17.8 Å². The largest absolute Gasteiger partial charge is 0.469 e. The van der Waals surface area contributed by atoms with Gasteiger partial charge in [0.1, 0.15) is 0 Å². The summed E-state index contributed by atoms with van der Waals surface area (Å²) >= 11 is 0. The van der Waals surface area contributed by atoms with Crippen LogP contribution in [-0.2, 0) is 9.53 Å². The van der Waals surface area contributed by atoms with Gasteiger partial charge in [-0.15, -0.1) is 24.0 Å². The molecule has 1 aliphatic heterocycles. The first kappa shape index (κ1) is 19.5. The number of methoxy groups -OCH3 is 1. The molecular formula is C16H30IN3O2. The van der Waals surface area contributed by atoms with Gasteiger partial charge < -0.3 is 15.0 Å². The van der Waals surface area contributed by atoms with E-state index in [0.29, 0.717) is 6.54 Å². The lowest BCUT2D eigenvalue weighted by Gasteiger charge is -2.22. The van der Waals surface area contributed by atoms with Crippen molar-refractivity contribution in [1.82, 2.24) is 10.2 Å². The molecule has 1 heterocycles. The Hall–Kier alpha value is -0.530. The van der Waals surface area contributed by atoms with E-state index >= 15 is 0 Å². The van der Waals surface area contributed by atoms with Gasteiger partial charge in [-0.3, -0.25) is 9.79 Å². The fourth-order valence-corrected chi connectivity index (χ4v) is 3.50. The van der Waals surface area contributed by atoms with E-state index < -0.39 is 0 Å². The Morgan fingerprint density at radius 3 is 2.41 bits per heavy atom. The summed E-state index contributed by atoms with van der Waals surface area (Å²) < 4.78 is 4.76. The molecule has 1 aliphatic carbocycles. The molecule has 0 aromatic carbocycles. The molecule has 1 saturated carbocycles. The number of aliphatic imine (C=N–C) groups is 1. The van der Waals surface area contributed by atoms with Gasteiger partial charge in [-0.25, -0.2) is 0 Å². The van der Waals surface area contributed by atoms with Crippen molar-refractivity contribution in [1.29, 1.82) is 0 Å². The second kappa shape index (κ2) is 9.57. The Kier molecular flexibility index (Phi) is 8.49. The number of nitrogens with zero attached hydrogens (tertiary/aromatic N) is 2. The number of hydrogen-bond donors (Lipinski definition) is 1.